The summed E-state index contributed by atoms with van der Waals surface area (Å²) in [5, 5.41) is 8.52. The van der Waals surface area contributed by atoms with Gasteiger partial charge in [0.05, 0.1) is 32.3 Å². The predicted molar refractivity (Wildman–Crippen MR) is 42.0 cm³/mol. The summed E-state index contributed by atoms with van der Waals surface area (Å²) in [5.74, 6) is -0.750. The molecule has 1 saturated heterocycles. The molecule has 1 aliphatic heterocycles. The Morgan fingerprint density at radius 3 is 2.92 bits per heavy atom. The minimum absolute atomic E-state index is 0.0304. The first-order valence-corrected chi connectivity index (χ1v) is 4.11. The third-order valence-corrected chi connectivity index (χ3v) is 1.97. The third-order valence-electron chi connectivity index (χ3n) is 1.97. The smallest absolute Gasteiger partial charge is 0.303 e. The van der Waals surface area contributed by atoms with E-state index >= 15 is 0 Å². The number of carboxylic acids is 1. The Bertz CT molecular complexity index is 151. The van der Waals surface area contributed by atoms with Gasteiger partial charge in [-0.1, -0.05) is 6.92 Å². The summed E-state index contributed by atoms with van der Waals surface area (Å²) in [7, 11) is 0. The second kappa shape index (κ2) is 4.42. The van der Waals surface area contributed by atoms with Crippen molar-refractivity contribution in [2.24, 2.45) is 5.92 Å². The van der Waals surface area contributed by atoms with Crippen LogP contribution in [-0.2, 0) is 14.3 Å². The van der Waals surface area contributed by atoms with Gasteiger partial charge in [0.15, 0.2) is 0 Å². The molecule has 1 heterocycles. The maximum absolute atomic E-state index is 10.4. The average Bonchev–Trinajstić information content (AvgIpc) is 2.05. The first-order chi connectivity index (χ1) is 5.70. The minimum Gasteiger partial charge on any atom is -0.481 e. The van der Waals surface area contributed by atoms with Crippen LogP contribution in [0.15, 0.2) is 0 Å². The molecule has 2 atom stereocenters. The van der Waals surface area contributed by atoms with Gasteiger partial charge in [-0.3, -0.25) is 4.79 Å². The summed E-state index contributed by atoms with van der Waals surface area (Å²) in [6, 6.07) is 0. The molecule has 0 bridgehead atoms. The molecule has 4 heteroatoms. The van der Waals surface area contributed by atoms with Gasteiger partial charge in [0.25, 0.3) is 0 Å². The van der Waals surface area contributed by atoms with Gasteiger partial charge in [-0.05, 0) is 5.92 Å². The van der Waals surface area contributed by atoms with Crippen LogP contribution >= 0.6 is 0 Å². The highest BCUT2D eigenvalue weighted by Crippen LogP contribution is 2.14. The van der Waals surface area contributed by atoms with E-state index in [2.05, 4.69) is 0 Å². The van der Waals surface area contributed by atoms with E-state index in [9.17, 15) is 4.79 Å². The molecule has 0 aliphatic carbocycles. The molecule has 1 fully saturated rings. The summed E-state index contributed by atoms with van der Waals surface area (Å²) in [5.41, 5.74) is 0. The molecule has 0 unspecified atom stereocenters. The van der Waals surface area contributed by atoms with Crippen molar-refractivity contribution < 1.29 is 19.4 Å². The molecule has 0 aromatic rings. The Balaban J connectivity index is 2.29. The quantitative estimate of drug-likeness (QED) is 0.677. The van der Waals surface area contributed by atoms with Gasteiger partial charge >= 0.3 is 5.97 Å². The summed E-state index contributed by atoms with van der Waals surface area (Å²) in [6.45, 7) is 3.59. The van der Waals surface area contributed by atoms with Crippen LogP contribution in [0.3, 0.4) is 0 Å². The molecule has 70 valence electrons. The fourth-order valence-corrected chi connectivity index (χ4v) is 1.24. The molecule has 0 aromatic carbocycles. The van der Waals surface area contributed by atoms with Crippen molar-refractivity contribution in [3.05, 3.63) is 0 Å². The number of hydrogen-bond donors (Lipinski definition) is 1. The molecular weight excluding hydrogens is 160 g/mol. The number of aliphatic carboxylic acids is 1. The van der Waals surface area contributed by atoms with E-state index < -0.39 is 5.97 Å². The van der Waals surface area contributed by atoms with E-state index in [0.717, 1.165) is 0 Å². The van der Waals surface area contributed by atoms with E-state index in [1.807, 2.05) is 6.92 Å². The zero-order valence-corrected chi connectivity index (χ0v) is 7.16. The van der Waals surface area contributed by atoms with E-state index in [1.165, 1.54) is 0 Å². The first kappa shape index (κ1) is 9.48. The second-order valence-corrected chi connectivity index (χ2v) is 3.06. The van der Waals surface area contributed by atoms with Gasteiger partial charge in [-0.15, -0.1) is 0 Å². The Morgan fingerprint density at radius 2 is 2.42 bits per heavy atom. The highest BCUT2D eigenvalue weighted by atomic mass is 16.6. The van der Waals surface area contributed by atoms with Crippen LogP contribution in [0.4, 0.5) is 0 Å². The lowest BCUT2D eigenvalue weighted by atomic mass is 10.0. The minimum atomic E-state index is -0.781. The number of hydrogen-bond acceptors (Lipinski definition) is 3. The molecule has 12 heavy (non-hydrogen) atoms. The fourth-order valence-electron chi connectivity index (χ4n) is 1.24. The van der Waals surface area contributed by atoms with E-state index in [4.69, 9.17) is 14.6 Å². The van der Waals surface area contributed by atoms with Crippen LogP contribution in [0.1, 0.15) is 13.3 Å². The molecule has 1 N–H and O–H groups in total. The van der Waals surface area contributed by atoms with E-state index in [-0.39, 0.29) is 18.4 Å². The maximum Gasteiger partial charge on any atom is 0.303 e. The van der Waals surface area contributed by atoms with Crippen molar-refractivity contribution >= 4 is 5.97 Å². The van der Waals surface area contributed by atoms with Crippen molar-refractivity contribution in [1.29, 1.82) is 0 Å². The van der Waals surface area contributed by atoms with Gasteiger partial charge < -0.3 is 14.6 Å². The lowest BCUT2D eigenvalue weighted by Crippen LogP contribution is -2.34. The molecule has 4 nitrogen and oxygen atoms in total. The predicted octanol–water partition coefficient (Wildman–Crippen LogP) is 0.513. The second-order valence-electron chi connectivity index (χ2n) is 3.06. The Morgan fingerprint density at radius 1 is 1.67 bits per heavy atom. The molecule has 0 spiro atoms. The van der Waals surface area contributed by atoms with E-state index in [0.29, 0.717) is 19.8 Å². The number of carbonyl (C=O) groups is 1. The highest BCUT2D eigenvalue weighted by Gasteiger charge is 2.23. The third kappa shape index (κ3) is 2.79. The van der Waals surface area contributed by atoms with Gasteiger partial charge in [0.2, 0.25) is 0 Å². The number of carboxylic acid groups (broad SMARTS) is 1. The zero-order valence-electron chi connectivity index (χ0n) is 7.16. The van der Waals surface area contributed by atoms with Crippen LogP contribution in [-0.4, -0.2) is 37.0 Å². The SMILES string of the molecule is C[C@@H](CC(=O)O)[C@H]1COCCO1. The van der Waals surface area contributed by atoms with Crippen molar-refractivity contribution in [2.75, 3.05) is 19.8 Å². The average molecular weight is 174 g/mol. The molecule has 1 aliphatic rings. The van der Waals surface area contributed by atoms with Crippen molar-refractivity contribution in [1.82, 2.24) is 0 Å². The van der Waals surface area contributed by atoms with Crippen molar-refractivity contribution in [3.8, 4) is 0 Å². The van der Waals surface area contributed by atoms with E-state index in [1.54, 1.807) is 0 Å². The van der Waals surface area contributed by atoms with Gasteiger partial charge in [-0.25, -0.2) is 0 Å². The molecule has 0 aromatic heterocycles. The van der Waals surface area contributed by atoms with Crippen molar-refractivity contribution in [2.45, 2.75) is 19.4 Å². The van der Waals surface area contributed by atoms with Crippen LogP contribution in [0.5, 0.6) is 0 Å². The van der Waals surface area contributed by atoms with Crippen LogP contribution in [0, 0.1) is 5.92 Å². The molecule has 0 radical (unpaired) electrons. The van der Waals surface area contributed by atoms with Crippen molar-refractivity contribution in [3.63, 3.8) is 0 Å². The maximum atomic E-state index is 10.4. The van der Waals surface area contributed by atoms with Gasteiger partial charge in [0.1, 0.15) is 0 Å². The Kier molecular flexibility index (Phi) is 3.49. The topological polar surface area (TPSA) is 55.8 Å². The number of ether oxygens (including phenoxy) is 2. The van der Waals surface area contributed by atoms with Gasteiger partial charge in [-0.2, -0.15) is 0 Å². The fraction of sp³-hybridized carbons (Fsp3) is 0.875. The summed E-state index contributed by atoms with van der Waals surface area (Å²) in [6.07, 6.45) is 0.100. The highest BCUT2D eigenvalue weighted by molar-refractivity contribution is 5.67. The monoisotopic (exact) mass is 174 g/mol. The molecule has 0 saturated carbocycles. The number of rotatable bonds is 3. The Labute approximate surface area is 71.5 Å². The summed E-state index contributed by atoms with van der Waals surface area (Å²) >= 11 is 0. The Hall–Kier alpha value is -0.610. The summed E-state index contributed by atoms with van der Waals surface area (Å²) in [4.78, 5) is 10.4. The lowest BCUT2D eigenvalue weighted by molar-refractivity contribution is -0.143. The standard InChI is InChI=1S/C8H14O4/c1-6(4-8(9)10)7-5-11-2-3-12-7/h6-7H,2-5H2,1H3,(H,9,10)/t6-,7+/m0/s1. The molecular formula is C8H14O4. The summed E-state index contributed by atoms with van der Waals surface area (Å²) < 4.78 is 10.5. The zero-order chi connectivity index (χ0) is 8.97. The first-order valence-electron chi connectivity index (χ1n) is 4.11. The lowest BCUT2D eigenvalue weighted by Gasteiger charge is -2.27. The normalized spacial score (nSPS) is 26.6. The largest absolute Gasteiger partial charge is 0.481 e. The van der Waals surface area contributed by atoms with Crippen LogP contribution < -0.4 is 0 Å². The van der Waals surface area contributed by atoms with Crippen LogP contribution in [0.2, 0.25) is 0 Å². The van der Waals surface area contributed by atoms with Crippen LogP contribution in [0.25, 0.3) is 0 Å². The van der Waals surface area contributed by atoms with Gasteiger partial charge in [0, 0.05) is 0 Å². The molecule has 1 rings (SSSR count). The molecule has 0 amide bonds.